The number of halogens is 2. The van der Waals surface area contributed by atoms with Gasteiger partial charge in [0.2, 0.25) is 12.8 Å². The molecule has 0 saturated heterocycles. The monoisotopic (exact) mass is 465 g/mol. The molecule has 0 saturated carbocycles. The summed E-state index contributed by atoms with van der Waals surface area (Å²) in [6.07, 6.45) is -2.14. The number of alkyl halides is 2. The number of carbonyl (C=O) groups excluding carboxylic acids is 1. The molecule has 3 aromatic carbocycles. The highest BCUT2D eigenvalue weighted by Crippen LogP contribution is 2.49. The van der Waals surface area contributed by atoms with Crippen molar-refractivity contribution < 1.29 is 23.0 Å². The standard InChI is InChI=1S/C26H25F2N3O3/c1-15-21(33-3)10-8-19-24(30-26(29)31(2)14-32)20-13-18(7-9-22(20)34-25(15)19)17-6-4-5-16(11-17)12-23(27)28/h4-11,13-14,23-24H,12H2,1-3H3,(H2,29,30). The number of nitrogens with two attached hydrogens (primary N) is 1. The Balaban J connectivity index is 1.85. The molecule has 1 heterocycles. The maximum Gasteiger partial charge on any atom is 0.242 e. The topological polar surface area (TPSA) is 77.2 Å². The largest absolute Gasteiger partial charge is 0.496 e. The van der Waals surface area contributed by atoms with Crippen LogP contribution in [0.15, 0.2) is 59.6 Å². The molecule has 4 rings (SSSR count). The molecular formula is C26H25F2N3O3. The highest BCUT2D eigenvalue weighted by atomic mass is 19.3. The molecule has 1 atom stereocenters. The van der Waals surface area contributed by atoms with Gasteiger partial charge >= 0.3 is 0 Å². The summed E-state index contributed by atoms with van der Waals surface area (Å²) in [5, 5.41) is 0. The van der Waals surface area contributed by atoms with Crippen LogP contribution in [0.2, 0.25) is 0 Å². The zero-order valence-corrected chi connectivity index (χ0v) is 19.1. The molecule has 1 aliphatic heterocycles. The Bertz CT molecular complexity index is 1260. The minimum Gasteiger partial charge on any atom is -0.496 e. The lowest BCUT2D eigenvalue weighted by Gasteiger charge is -2.29. The van der Waals surface area contributed by atoms with Crippen LogP contribution in [-0.4, -0.2) is 37.9 Å². The van der Waals surface area contributed by atoms with Crippen molar-refractivity contribution in [1.29, 1.82) is 0 Å². The van der Waals surface area contributed by atoms with Crippen molar-refractivity contribution in [2.75, 3.05) is 14.2 Å². The highest BCUT2D eigenvalue weighted by Gasteiger charge is 2.30. The smallest absolute Gasteiger partial charge is 0.242 e. The van der Waals surface area contributed by atoms with Crippen molar-refractivity contribution in [2.45, 2.75) is 25.8 Å². The van der Waals surface area contributed by atoms with Crippen LogP contribution in [0.1, 0.15) is 28.3 Å². The molecule has 176 valence electrons. The lowest BCUT2D eigenvalue weighted by atomic mass is 9.90. The summed E-state index contributed by atoms with van der Waals surface area (Å²) >= 11 is 0. The van der Waals surface area contributed by atoms with Crippen molar-refractivity contribution >= 4 is 12.4 Å². The number of hydrogen-bond acceptors (Lipinski definition) is 4. The fraction of sp³-hybridized carbons (Fsp3) is 0.231. The van der Waals surface area contributed by atoms with E-state index in [1.54, 1.807) is 25.3 Å². The number of methoxy groups -OCH3 is 1. The molecular weight excluding hydrogens is 440 g/mol. The summed E-state index contributed by atoms with van der Waals surface area (Å²) in [5.74, 6) is 1.94. The third-order valence-electron chi connectivity index (χ3n) is 5.85. The van der Waals surface area contributed by atoms with E-state index in [1.807, 2.05) is 43.3 Å². The number of carbonyl (C=O) groups is 1. The van der Waals surface area contributed by atoms with Gasteiger partial charge in [0.05, 0.1) is 7.11 Å². The van der Waals surface area contributed by atoms with E-state index in [0.717, 1.165) is 27.8 Å². The summed E-state index contributed by atoms with van der Waals surface area (Å²) in [5.41, 5.74) is 10.6. The van der Waals surface area contributed by atoms with Gasteiger partial charge in [-0.05, 0) is 47.9 Å². The predicted octanol–water partition coefficient (Wildman–Crippen LogP) is 5.08. The molecule has 2 N–H and O–H groups in total. The van der Waals surface area contributed by atoms with Gasteiger partial charge in [0.25, 0.3) is 0 Å². The second kappa shape index (κ2) is 9.51. The van der Waals surface area contributed by atoms with Crippen LogP contribution in [-0.2, 0) is 11.2 Å². The minimum absolute atomic E-state index is 0.0524. The van der Waals surface area contributed by atoms with Gasteiger partial charge in [0.1, 0.15) is 23.3 Å². The molecule has 6 nitrogen and oxygen atoms in total. The average molecular weight is 466 g/mol. The van der Waals surface area contributed by atoms with Crippen LogP contribution >= 0.6 is 0 Å². The molecule has 3 aromatic rings. The summed E-state index contributed by atoms with van der Waals surface area (Å²) in [6, 6.07) is 15.9. The van der Waals surface area contributed by atoms with Crippen molar-refractivity contribution in [3.05, 3.63) is 76.9 Å². The van der Waals surface area contributed by atoms with Gasteiger partial charge in [-0.15, -0.1) is 0 Å². The number of hydrogen-bond donors (Lipinski definition) is 1. The molecule has 34 heavy (non-hydrogen) atoms. The fourth-order valence-corrected chi connectivity index (χ4v) is 4.05. The van der Waals surface area contributed by atoms with Gasteiger partial charge in [-0.3, -0.25) is 9.69 Å². The third-order valence-corrected chi connectivity index (χ3v) is 5.85. The Morgan fingerprint density at radius 1 is 1.18 bits per heavy atom. The Kier molecular flexibility index (Phi) is 6.49. The highest BCUT2D eigenvalue weighted by molar-refractivity contribution is 5.87. The molecule has 0 radical (unpaired) electrons. The van der Waals surface area contributed by atoms with Gasteiger partial charge in [-0.2, -0.15) is 0 Å². The number of aliphatic imine (C=N–C) groups is 1. The van der Waals surface area contributed by atoms with Gasteiger partial charge in [0, 0.05) is 30.2 Å². The van der Waals surface area contributed by atoms with Crippen LogP contribution in [0.3, 0.4) is 0 Å². The van der Waals surface area contributed by atoms with Crippen LogP contribution in [0.25, 0.3) is 11.1 Å². The first-order chi connectivity index (χ1) is 16.3. The van der Waals surface area contributed by atoms with Crippen molar-refractivity contribution in [2.24, 2.45) is 10.7 Å². The van der Waals surface area contributed by atoms with E-state index in [0.29, 0.717) is 29.2 Å². The van der Waals surface area contributed by atoms with Crippen LogP contribution < -0.4 is 15.2 Å². The van der Waals surface area contributed by atoms with Gasteiger partial charge in [-0.1, -0.05) is 30.3 Å². The molecule has 1 amide bonds. The van der Waals surface area contributed by atoms with Crippen molar-refractivity contribution in [3.63, 3.8) is 0 Å². The van der Waals surface area contributed by atoms with Gasteiger partial charge < -0.3 is 15.2 Å². The number of amides is 1. The van der Waals surface area contributed by atoms with E-state index in [1.165, 1.54) is 11.9 Å². The maximum atomic E-state index is 12.9. The summed E-state index contributed by atoms with van der Waals surface area (Å²) in [6.45, 7) is 1.90. The minimum atomic E-state index is -2.42. The number of rotatable bonds is 6. The lowest BCUT2D eigenvalue weighted by molar-refractivity contribution is -0.114. The molecule has 1 aliphatic rings. The number of ether oxygens (including phenoxy) is 2. The molecule has 0 aliphatic carbocycles. The fourth-order valence-electron chi connectivity index (χ4n) is 4.05. The third kappa shape index (κ3) is 4.44. The Labute approximate surface area is 196 Å². The first-order valence-corrected chi connectivity index (χ1v) is 10.7. The van der Waals surface area contributed by atoms with Crippen molar-refractivity contribution in [1.82, 2.24) is 4.90 Å². The van der Waals surface area contributed by atoms with Gasteiger partial charge in [0.15, 0.2) is 5.96 Å². The van der Waals surface area contributed by atoms with E-state index in [-0.39, 0.29) is 12.4 Å². The second-order valence-electron chi connectivity index (χ2n) is 8.07. The van der Waals surface area contributed by atoms with E-state index in [4.69, 9.17) is 15.2 Å². The number of benzene rings is 3. The number of fused-ring (bicyclic) bond motifs is 2. The average Bonchev–Trinajstić information content (AvgIpc) is 2.83. The second-order valence-corrected chi connectivity index (χ2v) is 8.07. The molecule has 0 bridgehead atoms. The number of nitrogens with zero attached hydrogens (tertiary/aromatic N) is 2. The van der Waals surface area contributed by atoms with Crippen LogP contribution in [0.4, 0.5) is 8.78 Å². The summed E-state index contributed by atoms with van der Waals surface area (Å²) in [7, 11) is 3.11. The predicted molar refractivity (Wildman–Crippen MR) is 127 cm³/mol. The first kappa shape index (κ1) is 23.2. The Morgan fingerprint density at radius 3 is 2.65 bits per heavy atom. The van der Waals surface area contributed by atoms with Crippen molar-refractivity contribution in [3.8, 4) is 28.4 Å². The van der Waals surface area contributed by atoms with E-state index in [9.17, 15) is 13.6 Å². The summed E-state index contributed by atoms with van der Waals surface area (Å²) in [4.78, 5) is 17.1. The molecule has 1 unspecified atom stereocenters. The quantitative estimate of drug-likeness (QED) is 0.313. The Hall–Kier alpha value is -3.94. The van der Waals surface area contributed by atoms with Crippen LogP contribution in [0, 0.1) is 6.92 Å². The normalized spacial score (nSPS) is 14.8. The SMILES string of the molecule is COc1ccc2c(c1C)Oc1ccc(-c3cccc(CC(F)F)c3)cc1C2/N=C(/N)N(C)C=O. The molecule has 0 fully saturated rings. The Morgan fingerprint density at radius 2 is 1.94 bits per heavy atom. The molecule has 0 aromatic heterocycles. The zero-order chi connectivity index (χ0) is 24.4. The van der Waals surface area contributed by atoms with Gasteiger partial charge in [-0.25, -0.2) is 13.8 Å². The molecule has 0 spiro atoms. The first-order valence-electron chi connectivity index (χ1n) is 10.7. The van der Waals surface area contributed by atoms with E-state index in [2.05, 4.69) is 4.99 Å². The van der Waals surface area contributed by atoms with Crippen LogP contribution in [0.5, 0.6) is 17.2 Å². The molecule has 8 heteroatoms. The lowest BCUT2D eigenvalue weighted by Crippen LogP contribution is -2.33. The number of guanidine groups is 1. The summed E-state index contributed by atoms with van der Waals surface area (Å²) < 4.78 is 37.5. The maximum absolute atomic E-state index is 12.9. The van der Waals surface area contributed by atoms with E-state index >= 15 is 0 Å². The zero-order valence-electron chi connectivity index (χ0n) is 19.1. The van der Waals surface area contributed by atoms with E-state index < -0.39 is 12.5 Å².